The third-order valence-electron chi connectivity index (χ3n) is 5.39. The Morgan fingerprint density at radius 1 is 1.15 bits per heavy atom. The van der Waals surface area contributed by atoms with Crippen LogP contribution in [0.2, 0.25) is 0 Å². The first-order valence-electron chi connectivity index (χ1n) is 10.4. The number of nitrogens with two attached hydrogens (primary N) is 1. The van der Waals surface area contributed by atoms with Crippen molar-refractivity contribution < 1.29 is 22.7 Å². The molecule has 0 radical (unpaired) electrons. The van der Waals surface area contributed by atoms with E-state index in [1.807, 2.05) is 0 Å². The maximum atomic E-state index is 12.7. The van der Waals surface area contributed by atoms with Crippen LogP contribution >= 0.6 is 0 Å². The molecule has 0 unspecified atom stereocenters. The number of sulfonamides is 1. The SMILES string of the molecule is COc1ccc(S(=O)(=O)NCC(=O)N2CCC[C@H]2C(=O)NCc2ccc(C(=N)N)cc2)cc1. The van der Waals surface area contributed by atoms with Gasteiger partial charge in [0.15, 0.2) is 0 Å². The molecule has 10 nitrogen and oxygen atoms in total. The number of hydrogen-bond donors (Lipinski definition) is 4. The van der Waals surface area contributed by atoms with Crippen LogP contribution < -0.4 is 20.5 Å². The van der Waals surface area contributed by atoms with Crippen LogP contribution in [0.25, 0.3) is 0 Å². The average molecular weight is 474 g/mol. The highest BCUT2D eigenvalue weighted by Crippen LogP contribution is 2.19. The van der Waals surface area contributed by atoms with Crippen LogP contribution in [0.1, 0.15) is 24.0 Å². The van der Waals surface area contributed by atoms with Crippen molar-refractivity contribution >= 4 is 27.7 Å². The van der Waals surface area contributed by atoms with Crippen molar-refractivity contribution in [3.63, 3.8) is 0 Å². The van der Waals surface area contributed by atoms with Crippen molar-refractivity contribution in [3.05, 3.63) is 59.7 Å². The fourth-order valence-corrected chi connectivity index (χ4v) is 4.52. The van der Waals surface area contributed by atoms with Crippen molar-refractivity contribution in [2.45, 2.75) is 30.3 Å². The molecule has 0 bridgehead atoms. The standard InChI is InChI=1S/C22H27N5O5S/c1-32-17-8-10-18(11-9-17)33(30,31)26-14-20(28)27-12-2-3-19(27)22(29)25-13-15-4-6-16(7-5-15)21(23)24/h4-11,19,26H,2-3,12-14H2,1H3,(H3,23,24)(H,25,29)/t19-/m0/s1. The summed E-state index contributed by atoms with van der Waals surface area (Å²) in [6.45, 7) is 0.207. The zero-order valence-corrected chi connectivity index (χ0v) is 19.0. The van der Waals surface area contributed by atoms with E-state index in [0.29, 0.717) is 30.7 Å². The normalized spacial score (nSPS) is 15.8. The first kappa shape index (κ1) is 24.2. The lowest BCUT2D eigenvalue weighted by atomic mass is 10.1. The predicted octanol–water partition coefficient (Wildman–Crippen LogP) is 0.565. The van der Waals surface area contributed by atoms with E-state index >= 15 is 0 Å². The minimum Gasteiger partial charge on any atom is -0.497 e. The fourth-order valence-electron chi connectivity index (χ4n) is 3.54. The molecule has 2 amide bonds. The van der Waals surface area contributed by atoms with Crippen LogP contribution in [0.4, 0.5) is 0 Å². The Kier molecular flexibility index (Phi) is 7.67. The highest BCUT2D eigenvalue weighted by Gasteiger charge is 2.34. The van der Waals surface area contributed by atoms with Crippen molar-refractivity contribution in [1.82, 2.24) is 14.9 Å². The summed E-state index contributed by atoms with van der Waals surface area (Å²) in [6, 6.07) is 12.1. The summed E-state index contributed by atoms with van der Waals surface area (Å²) in [6.07, 6.45) is 1.16. The van der Waals surface area contributed by atoms with Crippen molar-refractivity contribution in [3.8, 4) is 5.75 Å². The lowest BCUT2D eigenvalue weighted by Gasteiger charge is -2.24. The van der Waals surface area contributed by atoms with Crippen molar-refractivity contribution in [1.29, 1.82) is 5.41 Å². The Bertz CT molecular complexity index is 1120. The largest absolute Gasteiger partial charge is 0.497 e. The van der Waals surface area contributed by atoms with Crippen molar-refractivity contribution in [2.24, 2.45) is 5.73 Å². The van der Waals surface area contributed by atoms with E-state index in [1.165, 1.54) is 36.3 Å². The number of carbonyl (C=O) groups excluding carboxylic acids is 2. The summed E-state index contributed by atoms with van der Waals surface area (Å²) < 4.78 is 32.3. The Labute approximate surface area is 192 Å². The van der Waals surface area contributed by atoms with Gasteiger partial charge in [0.25, 0.3) is 0 Å². The smallest absolute Gasteiger partial charge is 0.243 e. The molecule has 3 rings (SSSR count). The van der Waals surface area contributed by atoms with Gasteiger partial charge in [0.05, 0.1) is 18.6 Å². The van der Waals surface area contributed by atoms with Gasteiger partial charge < -0.3 is 20.7 Å². The maximum absolute atomic E-state index is 12.7. The van der Waals surface area contributed by atoms with Gasteiger partial charge in [-0.3, -0.25) is 15.0 Å². The molecule has 1 saturated heterocycles. The van der Waals surface area contributed by atoms with E-state index in [-0.39, 0.29) is 23.2 Å². The molecule has 1 aliphatic rings. The number of nitrogen functional groups attached to an aromatic ring is 1. The molecule has 33 heavy (non-hydrogen) atoms. The molecule has 1 fully saturated rings. The number of ether oxygens (including phenoxy) is 1. The minimum atomic E-state index is -3.88. The topological polar surface area (TPSA) is 155 Å². The number of methoxy groups -OCH3 is 1. The molecule has 11 heteroatoms. The lowest BCUT2D eigenvalue weighted by molar-refractivity contribution is -0.137. The minimum absolute atomic E-state index is 0.0163. The molecule has 0 saturated carbocycles. The second-order valence-corrected chi connectivity index (χ2v) is 9.34. The van der Waals surface area contributed by atoms with Gasteiger partial charge in [0.1, 0.15) is 17.6 Å². The Morgan fingerprint density at radius 2 is 1.82 bits per heavy atom. The lowest BCUT2D eigenvalue weighted by Crippen LogP contribution is -2.48. The number of amidine groups is 1. The molecule has 1 atom stereocenters. The Balaban J connectivity index is 1.55. The van der Waals surface area contributed by atoms with E-state index in [0.717, 1.165) is 5.56 Å². The number of benzene rings is 2. The van der Waals surface area contributed by atoms with Gasteiger partial charge in [0, 0.05) is 18.7 Å². The van der Waals surface area contributed by atoms with E-state index in [2.05, 4.69) is 10.0 Å². The molecule has 176 valence electrons. The molecular formula is C22H27N5O5S. The molecule has 2 aromatic rings. The van der Waals surface area contributed by atoms with Crippen LogP contribution in [-0.4, -0.2) is 57.2 Å². The van der Waals surface area contributed by atoms with Crippen LogP contribution in [0.5, 0.6) is 5.75 Å². The molecule has 1 aliphatic heterocycles. The predicted molar refractivity (Wildman–Crippen MR) is 122 cm³/mol. The summed E-state index contributed by atoms with van der Waals surface area (Å²) in [5.74, 6) is -0.274. The molecule has 5 N–H and O–H groups in total. The van der Waals surface area contributed by atoms with Crippen LogP contribution in [0.15, 0.2) is 53.4 Å². The van der Waals surface area contributed by atoms with E-state index in [1.54, 1.807) is 24.3 Å². The quantitative estimate of drug-likeness (QED) is 0.308. The van der Waals surface area contributed by atoms with Crippen LogP contribution in [0, 0.1) is 5.41 Å². The van der Waals surface area contributed by atoms with Gasteiger partial charge in [-0.15, -0.1) is 0 Å². The second-order valence-electron chi connectivity index (χ2n) is 7.57. The molecule has 0 aromatic heterocycles. The molecule has 0 aliphatic carbocycles. The molecule has 1 heterocycles. The fraction of sp³-hybridized carbons (Fsp3) is 0.318. The van der Waals surface area contributed by atoms with Gasteiger partial charge in [-0.25, -0.2) is 13.1 Å². The summed E-state index contributed by atoms with van der Waals surface area (Å²) in [5, 5.41) is 10.2. The van der Waals surface area contributed by atoms with E-state index in [9.17, 15) is 18.0 Å². The average Bonchev–Trinajstić information content (AvgIpc) is 3.31. The van der Waals surface area contributed by atoms with Crippen LogP contribution in [-0.2, 0) is 26.2 Å². The monoisotopic (exact) mass is 473 g/mol. The van der Waals surface area contributed by atoms with Crippen molar-refractivity contribution in [2.75, 3.05) is 20.2 Å². The number of nitrogens with one attached hydrogen (secondary N) is 3. The number of rotatable bonds is 9. The van der Waals surface area contributed by atoms with E-state index in [4.69, 9.17) is 15.9 Å². The van der Waals surface area contributed by atoms with Crippen LogP contribution in [0.3, 0.4) is 0 Å². The zero-order chi connectivity index (χ0) is 24.0. The maximum Gasteiger partial charge on any atom is 0.243 e. The van der Waals surface area contributed by atoms with Gasteiger partial charge in [-0.05, 0) is 42.7 Å². The highest BCUT2D eigenvalue weighted by atomic mass is 32.2. The van der Waals surface area contributed by atoms with E-state index < -0.39 is 28.5 Å². The van der Waals surface area contributed by atoms with Gasteiger partial charge in [-0.2, -0.15) is 0 Å². The van der Waals surface area contributed by atoms with Gasteiger partial charge in [0.2, 0.25) is 21.8 Å². The summed E-state index contributed by atoms with van der Waals surface area (Å²) in [7, 11) is -2.40. The number of amides is 2. The van der Waals surface area contributed by atoms with Gasteiger partial charge >= 0.3 is 0 Å². The number of hydrogen-bond acceptors (Lipinski definition) is 6. The molecule has 0 spiro atoms. The third-order valence-corrected chi connectivity index (χ3v) is 6.81. The third kappa shape index (κ3) is 6.08. The summed E-state index contributed by atoms with van der Waals surface area (Å²) in [5.41, 5.74) is 6.86. The molecular weight excluding hydrogens is 446 g/mol. The number of likely N-dealkylation sites (tertiary alicyclic amines) is 1. The number of carbonyl (C=O) groups is 2. The Hall–Kier alpha value is -3.44. The first-order valence-corrected chi connectivity index (χ1v) is 11.8. The highest BCUT2D eigenvalue weighted by molar-refractivity contribution is 7.89. The second kappa shape index (κ2) is 10.5. The zero-order valence-electron chi connectivity index (χ0n) is 18.2. The van der Waals surface area contributed by atoms with Gasteiger partial charge in [-0.1, -0.05) is 24.3 Å². The summed E-state index contributed by atoms with van der Waals surface area (Å²) in [4.78, 5) is 26.8. The molecule has 2 aromatic carbocycles. The first-order chi connectivity index (χ1) is 15.7. The summed E-state index contributed by atoms with van der Waals surface area (Å²) >= 11 is 0. The Morgan fingerprint density at radius 3 is 2.42 bits per heavy atom. The number of nitrogens with zero attached hydrogens (tertiary/aromatic N) is 1.